The summed E-state index contributed by atoms with van der Waals surface area (Å²) in [5.74, 6) is -3.53. The topological polar surface area (TPSA) is 200 Å². The predicted molar refractivity (Wildman–Crippen MR) is 147 cm³/mol. The van der Waals surface area contributed by atoms with E-state index in [2.05, 4.69) is 10.2 Å². The molecule has 0 saturated carbocycles. The molecule has 0 spiro atoms. The quantitative estimate of drug-likeness (QED) is 0.209. The van der Waals surface area contributed by atoms with Crippen molar-refractivity contribution in [2.24, 2.45) is 14.1 Å². The molecule has 0 radical (unpaired) electrons. The Morgan fingerprint density at radius 3 is 2.27 bits per heavy atom. The van der Waals surface area contributed by atoms with Gasteiger partial charge in [-0.1, -0.05) is 6.92 Å². The van der Waals surface area contributed by atoms with E-state index in [1.165, 1.54) is 17.7 Å². The van der Waals surface area contributed by atoms with Crippen molar-refractivity contribution in [3.8, 4) is 5.75 Å². The highest BCUT2D eigenvalue weighted by atomic mass is 16.5. The van der Waals surface area contributed by atoms with Gasteiger partial charge < -0.3 is 29.4 Å². The minimum absolute atomic E-state index is 0.153. The molecular formula is C26H32N4O11. The Bertz CT molecular complexity index is 1560. The molecule has 1 aromatic carbocycles. The number of carboxylic acid groups (broad SMARTS) is 2. The van der Waals surface area contributed by atoms with Crippen molar-refractivity contribution in [1.29, 1.82) is 0 Å². The molecular weight excluding hydrogens is 544 g/mol. The molecule has 3 aromatic rings. The molecule has 0 aliphatic heterocycles. The SMILES string of the molecule is CCOC(=O)c1cc(=O)c2ccc(OCCN(CC)CCNc3cc(=O)n(C)c(=O)n3C)cc2o1.O=C(O)C(=O)O. The van der Waals surface area contributed by atoms with Gasteiger partial charge in [0.25, 0.3) is 5.56 Å². The first-order valence-electron chi connectivity index (χ1n) is 12.5. The molecule has 2 aromatic heterocycles. The molecule has 0 saturated heterocycles. The summed E-state index contributed by atoms with van der Waals surface area (Å²) in [6.45, 7) is 6.85. The second-order valence-electron chi connectivity index (χ2n) is 8.44. The largest absolute Gasteiger partial charge is 0.492 e. The number of ether oxygens (including phenoxy) is 2. The first-order valence-corrected chi connectivity index (χ1v) is 12.5. The third-order valence-corrected chi connectivity index (χ3v) is 5.74. The van der Waals surface area contributed by atoms with E-state index in [9.17, 15) is 19.2 Å². The molecule has 41 heavy (non-hydrogen) atoms. The molecule has 3 N–H and O–H groups in total. The maximum Gasteiger partial charge on any atom is 0.414 e. The van der Waals surface area contributed by atoms with Crippen LogP contribution >= 0.6 is 0 Å². The van der Waals surface area contributed by atoms with Gasteiger partial charge in [0.15, 0.2) is 5.43 Å². The van der Waals surface area contributed by atoms with Gasteiger partial charge in [-0.2, -0.15) is 0 Å². The number of carbonyl (C=O) groups is 3. The second kappa shape index (κ2) is 15.0. The first-order chi connectivity index (χ1) is 19.4. The van der Waals surface area contributed by atoms with Crippen LogP contribution in [0.3, 0.4) is 0 Å². The number of esters is 1. The van der Waals surface area contributed by atoms with Crippen LogP contribution < -0.4 is 26.7 Å². The molecule has 0 bridgehead atoms. The number of anilines is 1. The molecule has 222 valence electrons. The van der Waals surface area contributed by atoms with E-state index in [0.29, 0.717) is 43.2 Å². The molecule has 0 atom stereocenters. The number of nitrogens with one attached hydrogen (secondary N) is 1. The number of carboxylic acids is 2. The zero-order valence-corrected chi connectivity index (χ0v) is 23.0. The monoisotopic (exact) mass is 576 g/mol. The van der Waals surface area contributed by atoms with E-state index in [1.54, 1.807) is 32.2 Å². The summed E-state index contributed by atoms with van der Waals surface area (Å²) in [5, 5.41) is 18.3. The molecule has 0 amide bonds. The Morgan fingerprint density at radius 1 is 0.976 bits per heavy atom. The van der Waals surface area contributed by atoms with Gasteiger partial charge in [0.2, 0.25) is 5.76 Å². The van der Waals surface area contributed by atoms with E-state index in [4.69, 9.17) is 33.7 Å². The minimum atomic E-state index is -1.82. The van der Waals surface area contributed by atoms with Crippen LogP contribution in [0.2, 0.25) is 0 Å². The minimum Gasteiger partial charge on any atom is -0.492 e. The van der Waals surface area contributed by atoms with E-state index in [-0.39, 0.29) is 34.6 Å². The van der Waals surface area contributed by atoms with Gasteiger partial charge in [0.1, 0.15) is 23.8 Å². The average Bonchev–Trinajstić information content (AvgIpc) is 2.93. The van der Waals surface area contributed by atoms with Crippen LogP contribution in [0.25, 0.3) is 11.0 Å². The average molecular weight is 577 g/mol. The van der Waals surface area contributed by atoms with Gasteiger partial charge in [-0.05, 0) is 25.6 Å². The highest BCUT2D eigenvalue weighted by molar-refractivity contribution is 6.27. The molecule has 0 unspecified atom stereocenters. The number of fused-ring (bicyclic) bond motifs is 1. The maximum atomic E-state index is 12.3. The summed E-state index contributed by atoms with van der Waals surface area (Å²) in [7, 11) is 3.05. The highest BCUT2D eigenvalue weighted by Crippen LogP contribution is 2.20. The van der Waals surface area contributed by atoms with Gasteiger partial charge in [0.05, 0.1) is 12.0 Å². The number of aromatic nitrogens is 2. The number of benzene rings is 1. The van der Waals surface area contributed by atoms with Gasteiger partial charge in [-0.25, -0.2) is 19.2 Å². The first kappa shape index (κ1) is 32.3. The summed E-state index contributed by atoms with van der Waals surface area (Å²) in [6, 6.07) is 7.37. The van der Waals surface area contributed by atoms with E-state index in [0.717, 1.165) is 17.2 Å². The lowest BCUT2D eigenvalue weighted by molar-refractivity contribution is -0.159. The van der Waals surface area contributed by atoms with Crippen molar-refractivity contribution >= 4 is 34.7 Å². The van der Waals surface area contributed by atoms with Crippen molar-refractivity contribution in [1.82, 2.24) is 14.0 Å². The number of hydrogen-bond donors (Lipinski definition) is 3. The van der Waals surface area contributed by atoms with Crippen LogP contribution in [0.4, 0.5) is 5.82 Å². The van der Waals surface area contributed by atoms with Gasteiger partial charge in [0, 0.05) is 51.9 Å². The van der Waals surface area contributed by atoms with Crippen LogP contribution in [-0.2, 0) is 28.4 Å². The van der Waals surface area contributed by atoms with Crippen molar-refractivity contribution in [2.75, 3.05) is 44.7 Å². The Kier molecular flexibility index (Phi) is 11.8. The van der Waals surface area contributed by atoms with Crippen LogP contribution in [0.1, 0.15) is 24.4 Å². The van der Waals surface area contributed by atoms with E-state index < -0.39 is 17.9 Å². The fourth-order valence-electron chi connectivity index (χ4n) is 3.49. The third-order valence-electron chi connectivity index (χ3n) is 5.74. The predicted octanol–water partition coefficient (Wildman–Crippen LogP) is 0.336. The summed E-state index contributed by atoms with van der Waals surface area (Å²) >= 11 is 0. The van der Waals surface area contributed by atoms with Crippen LogP contribution in [-0.4, -0.2) is 81.5 Å². The molecule has 3 rings (SSSR count). The number of likely N-dealkylation sites (N-methyl/N-ethyl adjacent to an activating group) is 1. The summed E-state index contributed by atoms with van der Waals surface area (Å²) < 4.78 is 18.7. The fourth-order valence-corrected chi connectivity index (χ4v) is 3.49. The molecule has 0 fully saturated rings. The number of aliphatic carboxylic acids is 2. The molecule has 0 aliphatic rings. The smallest absolute Gasteiger partial charge is 0.414 e. The lowest BCUT2D eigenvalue weighted by atomic mass is 10.2. The Morgan fingerprint density at radius 2 is 1.66 bits per heavy atom. The molecule has 2 heterocycles. The number of rotatable bonds is 11. The van der Waals surface area contributed by atoms with Crippen molar-refractivity contribution in [2.45, 2.75) is 13.8 Å². The molecule has 0 aliphatic carbocycles. The van der Waals surface area contributed by atoms with Crippen molar-refractivity contribution in [3.63, 3.8) is 0 Å². The fraction of sp³-hybridized carbons (Fsp3) is 0.385. The summed E-state index contributed by atoms with van der Waals surface area (Å²) in [5.41, 5.74) is -0.841. The van der Waals surface area contributed by atoms with Crippen LogP contribution in [0.5, 0.6) is 5.75 Å². The van der Waals surface area contributed by atoms with Crippen molar-refractivity contribution in [3.05, 3.63) is 67.2 Å². The normalized spacial score (nSPS) is 10.6. The highest BCUT2D eigenvalue weighted by Gasteiger charge is 2.14. The van der Waals surface area contributed by atoms with Gasteiger partial charge in [-0.3, -0.25) is 23.6 Å². The van der Waals surface area contributed by atoms with E-state index in [1.807, 2.05) is 6.92 Å². The Balaban J connectivity index is 0.000000883. The number of nitrogens with zero attached hydrogens (tertiary/aromatic N) is 3. The van der Waals surface area contributed by atoms with Gasteiger partial charge in [-0.15, -0.1) is 0 Å². The van der Waals surface area contributed by atoms with Crippen LogP contribution in [0, 0.1) is 0 Å². The van der Waals surface area contributed by atoms with Crippen molar-refractivity contribution < 1.29 is 38.5 Å². The lowest BCUT2D eigenvalue weighted by Crippen LogP contribution is -2.38. The Labute approximate surface area is 233 Å². The second-order valence-corrected chi connectivity index (χ2v) is 8.44. The third kappa shape index (κ3) is 9.06. The lowest BCUT2D eigenvalue weighted by Gasteiger charge is -2.21. The Hall–Kier alpha value is -4.92. The zero-order valence-electron chi connectivity index (χ0n) is 23.0. The summed E-state index contributed by atoms with van der Waals surface area (Å²) in [6.07, 6.45) is 0. The maximum absolute atomic E-state index is 12.3. The van der Waals surface area contributed by atoms with E-state index >= 15 is 0 Å². The standard InChI is InChI=1S/C24H30N4O7.C2H2O4/c1-5-28(10-9-25-21-15-22(30)27(4)24(32)26(21)3)11-12-34-16-7-8-17-18(29)14-20(23(31)33-6-2)35-19(17)13-16;3-1(4)2(5)6/h7-8,13-15,25H,5-6,9-12H2,1-4H3;(H,3,4)(H,5,6). The summed E-state index contributed by atoms with van der Waals surface area (Å²) in [4.78, 5) is 68.4. The molecule has 15 nitrogen and oxygen atoms in total. The number of hydrogen-bond acceptors (Lipinski definition) is 11. The number of carbonyl (C=O) groups excluding carboxylic acids is 1. The van der Waals surface area contributed by atoms with Crippen LogP contribution in [0.15, 0.2) is 49.1 Å². The molecule has 15 heteroatoms. The van der Waals surface area contributed by atoms with Gasteiger partial charge >= 0.3 is 23.6 Å². The zero-order chi connectivity index (χ0) is 30.7.